The Hall–Kier alpha value is -2.90. The van der Waals surface area contributed by atoms with Crippen LogP contribution in [0.4, 0.5) is 5.69 Å². The van der Waals surface area contributed by atoms with Crippen molar-refractivity contribution in [2.24, 2.45) is 0 Å². The minimum Gasteiger partial charge on any atom is -0.338 e. The van der Waals surface area contributed by atoms with E-state index in [1.54, 1.807) is 0 Å². The van der Waals surface area contributed by atoms with Crippen LogP contribution in [0.1, 0.15) is 40.5 Å². The summed E-state index contributed by atoms with van der Waals surface area (Å²) in [6.07, 6.45) is 2.70. The van der Waals surface area contributed by atoms with Crippen molar-refractivity contribution >= 4 is 40.9 Å². The predicted octanol–water partition coefficient (Wildman–Crippen LogP) is 5.23. The number of aromatic nitrogens is 2. The molecule has 33 heavy (non-hydrogen) atoms. The highest BCUT2D eigenvalue weighted by Gasteiger charge is 2.24. The predicted molar refractivity (Wildman–Crippen MR) is 134 cm³/mol. The first-order valence-electron chi connectivity index (χ1n) is 10.8. The van der Waals surface area contributed by atoms with E-state index >= 15 is 0 Å². The van der Waals surface area contributed by atoms with Gasteiger partial charge in [0.1, 0.15) is 6.04 Å². The Balaban J connectivity index is 1.82. The van der Waals surface area contributed by atoms with Crippen LogP contribution in [0.3, 0.4) is 0 Å². The van der Waals surface area contributed by atoms with E-state index in [-0.39, 0.29) is 16.6 Å². The van der Waals surface area contributed by atoms with Crippen LogP contribution in [0.25, 0.3) is 0 Å². The van der Waals surface area contributed by atoms with Gasteiger partial charge in [-0.1, -0.05) is 66.7 Å². The first kappa shape index (κ1) is 24.7. The molecule has 172 valence electrons. The third-order valence-electron chi connectivity index (χ3n) is 5.05. The van der Waals surface area contributed by atoms with E-state index in [1.807, 2.05) is 62.4 Å². The van der Waals surface area contributed by atoms with Crippen LogP contribution in [0, 0.1) is 13.8 Å². The molecule has 0 aliphatic carbocycles. The van der Waals surface area contributed by atoms with Crippen molar-refractivity contribution in [2.45, 2.75) is 44.8 Å². The van der Waals surface area contributed by atoms with Crippen LogP contribution < -0.4 is 10.6 Å². The zero-order chi connectivity index (χ0) is 23.8. The molecule has 6 nitrogen and oxygen atoms in total. The van der Waals surface area contributed by atoms with Gasteiger partial charge in [0.15, 0.2) is 10.9 Å². The maximum Gasteiger partial charge on any atom is 0.272 e. The molecule has 2 aromatic carbocycles. The second kappa shape index (κ2) is 11.8. The number of nitrogens with zero attached hydrogens (tertiary/aromatic N) is 2. The van der Waals surface area contributed by atoms with Gasteiger partial charge in [0.05, 0.1) is 11.2 Å². The quantitative estimate of drug-likeness (QED) is 0.322. The molecule has 0 fully saturated rings. The zero-order valence-corrected chi connectivity index (χ0v) is 20.5. The maximum absolute atomic E-state index is 13.2. The second-order valence-corrected chi connectivity index (χ2v) is 9.17. The molecule has 0 aliphatic rings. The van der Waals surface area contributed by atoms with Gasteiger partial charge in [-0.15, -0.1) is 0 Å². The molecule has 0 unspecified atom stereocenters. The van der Waals surface area contributed by atoms with Gasteiger partial charge in [-0.05, 0) is 49.1 Å². The smallest absolute Gasteiger partial charge is 0.272 e. The summed E-state index contributed by atoms with van der Waals surface area (Å²) < 4.78 is 0. The van der Waals surface area contributed by atoms with Crippen molar-refractivity contribution in [3.8, 4) is 0 Å². The molecule has 0 saturated heterocycles. The lowest BCUT2D eigenvalue weighted by Crippen LogP contribution is -2.45. The van der Waals surface area contributed by atoms with E-state index in [0.29, 0.717) is 17.3 Å². The number of rotatable bonds is 9. The van der Waals surface area contributed by atoms with Gasteiger partial charge >= 0.3 is 0 Å². The van der Waals surface area contributed by atoms with Gasteiger partial charge < -0.3 is 10.6 Å². The lowest BCUT2D eigenvalue weighted by molar-refractivity contribution is -0.118. The van der Waals surface area contributed by atoms with Gasteiger partial charge in [0.2, 0.25) is 5.91 Å². The molecule has 3 rings (SSSR count). The molecular weight excluding hydrogens is 456 g/mol. The Morgan fingerprint density at radius 2 is 1.85 bits per heavy atom. The molecule has 0 radical (unpaired) electrons. The van der Waals surface area contributed by atoms with Crippen LogP contribution in [-0.4, -0.2) is 33.6 Å². The highest BCUT2D eigenvalue weighted by Crippen LogP contribution is 2.20. The summed E-state index contributed by atoms with van der Waals surface area (Å²) in [6, 6.07) is 14.4. The third-order valence-corrected chi connectivity index (χ3v) is 6.40. The number of amides is 2. The van der Waals surface area contributed by atoms with Crippen LogP contribution in [0.2, 0.25) is 5.02 Å². The Morgan fingerprint density at radius 1 is 1.09 bits per heavy atom. The number of halogens is 1. The van der Waals surface area contributed by atoms with Crippen molar-refractivity contribution in [3.63, 3.8) is 0 Å². The molecule has 0 spiro atoms. The van der Waals surface area contributed by atoms with Gasteiger partial charge in [-0.2, -0.15) is 0 Å². The van der Waals surface area contributed by atoms with E-state index in [1.165, 1.54) is 18.0 Å². The number of thioether (sulfide) groups is 1. The molecule has 1 aromatic heterocycles. The van der Waals surface area contributed by atoms with Gasteiger partial charge in [0.25, 0.3) is 5.91 Å². The first-order valence-corrected chi connectivity index (χ1v) is 12.1. The SMILES string of the molecule is CCCSc1ncc(Cl)c(C(=O)N[C@@H](Cc2ccccc2)C(=O)Nc2ccc(C)c(C)c2)n1. The maximum atomic E-state index is 13.2. The van der Waals surface area contributed by atoms with Crippen LogP contribution in [0.5, 0.6) is 0 Å². The fraction of sp³-hybridized carbons (Fsp3) is 0.280. The Labute approximate surface area is 203 Å². The molecule has 2 N–H and O–H groups in total. The number of hydrogen-bond donors (Lipinski definition) is 2. The van der Waals surface area contributed by atoms with Crippen molar-refractivity contribution in [3.05, 3.63) is 82.1 Å². The number of nitrogens with one attached hydrogen (secondary N) is 2. The molecule has 0 bridgehead atoms. The summed E-state index contributed by atoms with van der Waals surface area (Å²) in [5, 5.41) is 6.35. The summed E-state index contributed by atoms with van der Waals surface area (Å²) in [4.78, 5) is 34.7. The van der Waals surface area contributed by atoms with E-state index in [9.17, 15) is 9.59 Å². The highest BCUT2D eigenvalue weighted by atomic mass is 35.5. The number of carbonyl (C=O) groups excluding carboxylic acids is 2. The molecule has 3 aromatic rings. The largest absolute Gasteiger partial charge is 0.338 e. The Bertz CT molecular complexity index is 1120. The molecule has 0 saturated carbocycles. The average molecular weight is 483 g/mol. The zero-order valence-electron chi connectivity index (χ0n) is 18.9. The summed E-state index contributed by atoms with van der Waals surface area (Å²) >= 11 is 7.67. The standard InChI is InChI=1S/C25H27ClN4O2S/c1-4-12-33-25-27-15-20(26)22(30-25)24(32)29-21(14-18-8-6-5-7-9-18)23(31)28-19-11-10-16(2)17(3)13-19/h5-11,13,15,21H,4,12,14H2,1-3H3,(H,28,31)(H,29,32)/t21-/m0/s1. The average Bonchev–Trinajstić information content (AvgIpc) is 2.81. The van der Waals surface area contributed by atoms with E-state index in [2.05, 4.69) is 27.5 Å². The van der Waals surface area contributed by atoms with Gasteiger partial charge in [-0.3, -0.25) is 9.59 Å². The number of aryl methyl sites for hydroxylation is 2. The number of hydrogen-bond acceptors (Lipinski definition) is 5. The van der Waals surface area contributed by atoms with Crippen molar-refractivity contribution in [1.82, 2.24) is 15.3 Å². The van der Waals surface area contributed by atoms with E-state index in [0.717, 1.165) is 28.9 Å². The third kappa shape index (κ3) is 7.04. The van der Waals surface area contributed by atoms with Crippen LogP contribution in [-0.2, 0) is 11.2 Å². The highest BCUT2D eigenvalue weighted by molar-refractivity contribution is 7.99. The fourth-order valence-corrected chi connectivity index (χ4v) is 3.95. The first-order chi connectivity index (χ1) is 15.9. The Morgan fingerprint density at radius 3 is 2.55 bits per heavy atom. The Kier molecular flexibility index (Phi) is 8.86. The summed E-state index contributed by atoms with van der Waals surface area (Å²) in [5.41, 5.74) is 3.86. The molecule has 2 amide bonds. The summed E-state index contributed by atoms with van der Waals surface area (Å²) in [6.45, 7) is 6.05. The lowest BCUT2D eigenvalue weighted by Gasteiger charge is -2.19. The summed E-state index contributed by atoms with van der Waals surface area (Å²) in [5.74, 6) is -0.00401. The van der Waals surface area contributed by atoms with Crippen molar-refractivity contribution in [1.29, 1.82) is 0 Å². The monoisotopic (exact) mass is 482 g/mol. The van der Waals surface area contributed by atoms with Gasteiger partial charge in [0, 0.05) is 17.9 Å². The van der Waals surface area contributed by atoms with Crippen molar-refractivity contribution < 1.29 is 9.59 Å². The minimum absolute atomic E-state index is 0.0577. The molecule has 8 heteroatoms. The normalized spacial score (nSPS) is 11.6. The minimum atomic E-state index is -0.820. The molecule has 1 heterocycles. The fourth-order valence-electron chi connectivity index (χ4n) is 3.11. The topological polar surface area (TPSA) is 84.0 Å². The number of anilines is 1. The van der Waals surface area contributed by atoms with E-state index in [4.69, 9.17) is 11.6 Å². The molecule has 1 atom stereocenters. The lowest BCUT2D eigenvalue weighted by atomic mass is 10.0. The van der Waals surface area contributed by atoms with Gasteiger partial charge in [-0.25, -0.2) is 9.97 Å². The number of carbonyl (C=O) groups is 2. The number of benzene rings is 2. The van der Waals surface area contributed by atoms with Crippen LogP contribution >= 0.6 is 23.4 Å². The molecular formula is C25H27ClN4O2S. The molecule has 0 aliphatic heterocycles. The summed E-state index contributed by atoms with van der Waals surface area (Å²) in [7, 11) is 0. The van der Waals surface area contributed by atoms with E-state index < -0.39 is 11.9 Å². The second-order valence-electron chi connectivity index (χ2n) is 7.70. The van der Waals surface area contributed by atoms with Crippen molar-refractivity contribution in [2.75, 3.05) is 11.1 Å². The van der Waals surface area contributed by atoms with Crippen LogP contribution in [0.15, 0.2) is 59.9 Å².